The van der Waals surface area contributed by atoms with Gasteiger partial charge in [0.25, 0.3) is 11.5 Å². The fourth-order valence-corrected chi connectivity index (χ4v) is 3.73. The smallest absolute Gasteiger partial charge is 0.267 e. The number of rotatable bonds is 5. The highest BCUT2D eigenvalue weighted by Gasteiger charge is 2.32. The number of hydrogen-bond donors (Lipinski definition) is 1. The predicted octanol–water partition coefficient (Wildman–Crippen LogP) is 4.07. The molecule has 3 rings (SSSR count). The van der Waals surface area contributed by atoms with E-state index in [1.165, 1.54) is 22.1 Å². The Labute approximate surface area is 160 Å². The zero-order chi connectivity index (χ0) is 18.7. The highest BCUT2D eigenvalue weighted by atomic mass is 32.2. The van der Waals surface area contributed by atoms with Crippen LogP contribution in [0.1, 0.15) is 13.8 Å². The molecule has 0 aliphatic rings. The Morgan fingerprint density at radius 2 is 1.92 bits per heavy atom. The van der Waals surface area contributed by atoms with Gasteiger partial charge in [0.15, 0.2) is 0 Å². The third kappa shape index (κ3) is 3.59. The first-order valence-corrected chi connectivity index (χ1v) is 10.1. The maximum Gasteiger partial charge on any atom is 0.267 e. The summed E-state index contributed by atoms with van der Waals surface area (Å²) in [4.78, 5) is 27.2. The Balaban J connectivity index is 1.95. The third-order valence-electron chi connectivity index (χ3n) is 4.01. The molecule has 0 atom stereocenters. The largest absolute Gasteiger partial charge is 0.323 e. The molecule has 0 aliphatic carbocycles. The minimum absolute atomic E-state index is 0.295. The van der Waals surface area contributed by atoms with Crippen LogP contribution in [-0.2, 0) is 10.3 Å². The first kappa shape index (κ1) is 18.4. The molecule has 0 unspecified atom stereocenters. The first-order valence-electron chi connectivity index (χ1n) is 8.02. The van der Waals surface area contributed by atoms with Gasteiger partial charge in [-0.1, -0.05) is 18.2 Å². The summed E-state index contributed by atoms with van der Waals surface area (Å²) in [5.41, 5.74) is -0.0651. The summed E-state index contributed by atoms with van der Waals surface area (Å²) >= 11 is 3.09. The molecule has 0 saturated carbocycles. The van der Waals surface area contributed by atoms with Crippen LogP contribution >= 0.6 is 23.1 Å². The molecule has 5 nitrogen and oxygen atoms in total. The minimum Gasteiger partial charge on any atom is -0.323 e. The number of thiophene rings is 1. The number of amides is 1. The average Bonchev–Trinajstić information content (AvgIpc) is 3.17. The zero-order valence-electron chi connectivity index (χ0n) is 14.7. The monoisotopic (exact) mass is 385 g/mol. The number of carbonyl (C=O) groups is 1. The van der Waals surface area contributed by atoms with Crippen LogP contribution in [0.4, 0.5) is 5.69 Å². The van der Waals surface area contributed by atoms with Crippen molar-refractivity contribution in [3.05, 3.63) is 64.3 Å². The van der Waals surface area contributed by atoms with E-state index in [1.807, 2.05) is 48.0 Å². The molecule has 1 amide bonds. The predicted molar refractivity (Wildman–Crippen MR) is 108 cm³/mol. The van der Waals surface area contributed by atoms with Crippen LogP contribution in [-0.4, -0.2) is 21.9 Å². The number of carbonyl (C=O) groups excluding carboxylic acids is 1. The molecule has 1 aromatic carbocycles. The van der Waals surface area contributed by atoms with Crippen molar-refractivity contribution in [2.75, 3.05) is 11.6 Å². The Morgan fingerprint density at radius 3 is 2.62 bits per heavy atom. The third-order valence-corrected chi connectivity index (χ3v) is 5.70. The second kappa shape index (κ2) is 7.47. The van der Waals surface area contributed by atoms with Crippen molar-refractivity contribution in [3.8, 4) is 10.6 Å². The van der Waals surface area contributed by atoms with Crippen LogP contribution in [0.5, 0.6) is 0 Å². The number of hydrogen-bond acceptors (Lipinski definition) is 5. The van der Waals surface area contributed by atoms with E-state index in [2.05, 4.69) is 10.4 Å². The van der Waals surface area contributed by atoms with E-state index < -0.39 is 5.54 Å². The van der Waals surface area contributed by atoms with Crippen LogP contribution in [0, 0.1) is 0 Å². The molecule has 2 heterocycles. The van der Waals surface area contributed by atoms with Crippen molar-refractivity contribution in [3.63, 3.8) is 0 Å². The molecule has 0 bridgehead atoms. The normalized spacial score (nSPS) is 11.3. The van der Waals surface area contributed by atoms with Gasteiger partial charge >= 0.3 is 0 Å². The van der Waals surface area contributed by atoms with Gasteiger partial charge in [0.2, 0.25) is 0 Å². The Morgan fingerprint density at radius 1 is 1.15 bits per heavy atom. The quantitative estimate of drug-likeness (QED) is 0.673. The zero-order valence-corrected chi connectivity index (χ0v) is 16.4. The van der Waals surface area contributed by atoms with Crippen LogP contribution in [0.3, 0.4) is 0 Å². The van der Waals surface area contributed by atoms with Gasteiger partial charge in [-0.25, -0.2) is 4.68 Å². The van der Waals surface area contributed by atoms with Gasteiger partial charge in [-0.2, -0.15) is 5.10 Å². The van der Waals surface area contributed by atoms with Crippen LogP contribution in [0.25, 0.3) is 10.6 Å². The second-order valence-corrected chi connectivity index (χ2v) is 7.96. The lowest BCUT2D eigenvalue weighted by atomic mass is 10.0. The number of thioether (sulfide) groups is 1. The summed E-state index contributed by atoms with van der Waals surface area (Å²) in [6.45, 7) is 3.38. The Hall–Kier alpha value is -2.38. The molecular weight excluding hydrogens is 366 g/mol. The Kier molecular flexibility index (Phi) is 5.29. The summed E-state index contributed by atoms with van der Waals surface area (Å²) in [6, 6.07) is 14.6. The van der Waals surface area contributed by atoms with E-state index in [0.29, 0.717) is 5.69 Å². The van der Waals surface area contributed by atoms with Crippen LogP contribution in [0.15, 0.2) is 63.6 Å². The molecule has 3 aromatic rings. The summed E-state index contributed by atoms with van der Waals surface area (Å²) in [5, 5.41) is 9.31. The molecule has 0 saturated heterocycles. The number of nitrogens with zero attached hydrogens (tertiary/aromatic N) is 2. The molecule has 0 spiro atoms. The summed E-state index contributed by atoms with van der Waals surface area (Å²) in [6.07, 6.45) is 1.95. The van der Waals surface area contributed by atoms with Crippen molar-refractivity contribution in [2.24, 2.45) is 0 Å². The maximum absolute atomic E-state index is 12.9. The van der Waals surface area contributed by atoms with E-state index >= 15 is 0 Å². The van der Waals surface area contributed by atoms with Gasteiger partial charge < -0.3 is 5.32 Å². The highest BCUT2D eigenvalue weighted by molar-refractivity contribution is 7.98. The highest BCUT2D eigenvalue weighted by Crippen LogP contribution is 2.27. The number of para-hydroxylation sites is 1. The van der Waals surface area contributed by atoms with E-state index in [9.17, 15) is 9.59 Å². The van der Waals surface area contributed by atoms with E-state index in [1.54, 1.807) is 31.7 Å². The van der Waals surface area contributed by atoms with Crippen molar-refractivity contribution in [1.29, 1.82) is 0 Å². The average molecular weight is 386 g/mol. The summed E-state index contributed by atoms with van der Waals surface area (Å²) < 4.78 is 1.25. The van der Waals surface area contributed by atoms with E-state index in [4.69, 9.17) is 0 Å². The Bertz CT molecular complexity index is 978. The molecule has 134 valence electrons. The van der Waals surface area contributed by atoms with E-state index in [0.717, 1.165) is 15.5 Å². The maximum atomic E-state index is 12.9. The van der Waals surface area contributed by atoms with Crippen LogP contribution in [0.2, 0.25) is 0 Å². The molecular formula is C19H19N3O2S2. The number of nitrogens with one attached hydrogen (secondary N) is 1. The summed E-state index contributed by atoms with van der Waals surface area (Å²) in [7, 11) is 0. The standard InChI is InChI=1S/C19H19N3O2S2/c1-19(2,18(24)20-13-7-4-5-8-15(13)25-3)22-17(23)11-10-14(21-22)16-9-6-12-26-16/h4-12H,1-3H3,(H,20,24). The van der Waals surface area contributed by atoms with Gasteiger partial charge in [0.1, 0.15) is 11.2 Å². The minimum atomic E-state index is -1.14. The molecule has 0 fully saturated rings. The number of aromatic nitrogens is 2. The second-order valence-electron chi connectivity index (χ2n) is 6.16. The van der Waals surface area contributed by atoms with Crippen molar-refractivity contribution in [2.45, 2.75) is 24.3 Å². The lowest BCUT2D eigenvalue weighted by molar-refractivity contribution is -0.123. The van der Waals surface area contributed by atoms with E-state index in [-0.39, 0.29) is 11.5 Å². The molecule has 0 aliphatic heterocycles. The van der Waals surface area contributed by atoms with Gasteiger partial charge in [-0.05, 0) is 49.7 Å². The van der Waals surface area contributed by atoms with Crippen molar-refractivity contribution in [1.82, 2.24) is 9.78 Å². The SMILES string of the molecule is CSc1ccccc1NC(=O)C(C)(C)n1nc(-c2cccs2)ccc1=O. The number of anilines is 1. The molecule has 2 aromatic heterocycles. The van der Waals surface area contributed by atoms with Crippen LogP contribution < -0.4 is 10.9 Å². The lowest BCUT2D eigenvalue weighted by Gasteiger charge is -2.25. The van der Waals surface area contributed by atoms with Gasteiger partial charge in [0, 0.05) is 11.0 Å². The first-order chi connectivity index (χ1) is 12.4. The molecule has 7 heteroatoms. The lowest BCUT2D eigenvalue weighted by Crippen LogP contribution is -2.47. The molecule has 0 radical (unpaired) electrons. The van der Waals surface area contributed by atoms with Crippen molar-refractivity contribution >= 4 is 34.7 Å². The van der Waals surface area contributed by atoms with Gasteiger partial charge in [0.05, 0.1) is 10.6 Å². The topological polar surface area (TPSA) is 64.0 Å². The molecule has 1 N–H and O–H groups in total. The fraction of sp³-hybridized carbons (Fsp3) is 0.211. The van der Waals surface area contributed by atoms with Crippen molar-refractivity contribution < 1.29 is 4.79 Å². The van der Waals surface area contributed by atoms with Gasteiger partial charge in [-0.3, -0.25) is 9.59 Å². The van der Waals surface area contributed by atoms with Gasteiger partial charge in [-0.15, -0.1) is 23.1 Å². The molecule has 26 heavy (non-hydrogen) atoms. The fourth-order valence-electron chi connectivity index (χ4n) is 2.49. The summed E-state index contributed by atoms with van der Waals surface area (Å²) in [5.74, 6) is -0.295. The number of benzene rings is 1.